The third-order valence-electron chi connectivity index (χ3n) is 6.07. The summed E-state index contributed by atoms with van der Waals surface area (Å²) in [4.78, 5) is 22.0. The van der Waals surface area contributed by atoms with Crippen LogP contribution in [-0.4, -0.2) is 70.8 Å². The number of amides is 1. The third-order valence-corrected chi connectivity index (χ3v) is 6.07. The Labute approximate surface area is 175 Å². The fourth-order valence-electron chi connectivity index (χ4n) is 4.33. The second-order valence-electron chi connectivity index (χ2n) is 7.90. The number of carbonyl (C=O) groups excluding carboxylic acids is 1. The molecule has 5 rings (SSSR count). The summed E-state index contributed by atoms with van der Waals surface area (Å²) in [5, 5.41) is 4.84. The van der Waals surface area contributed by atoms with Gasteiger partial charge in [-0.2, -0.15) is 5.10 Å². The first-order valence-electron chi connectivity index (χ1n) is 10.3. The minimum Gasteiger partial charge on any atom is -0.481 e. The highest BCUT2D eigenvalue weighted by Crippen LogP contribution is 2.37. The van der Waals surface area contributed by atoms with Crippen molar-refractivity contribution in [2.24, 2.45) is 0 Å². The van der Waals surface area contributed by atoms with Gasteiger partial charge >= 0.3 is 0 Å². The molecule has 1 amide bonds. The quantitative estimate of drug-likeness (QED) is 0.672. The van der Waals surface area contributed by atoms with Crippen molar-refractivity contribution in [2.45, 2.75) is 12.8 Å². The zero-order chi connectivity index (χ0) is 20.7. The Kier molecular flexibility index (Phi) is 4.75. The summed E-state index contributed by atoms with van der Waals surface area (Å²) in [5.41, 5.74) is 5.85. The number of benzene rings is 1. The maximum atomic E-state index is 13.4. The standard InChI is InChI=1S/C23H25N5O2/c1-26-11-13-27(14-12-26)23(29)21-19-9-7-16-5-3-4-6-18(16)22(19)28(25-21)17-8-10-20(30-2)24-15-17/h3-6,8,10,15H,7,9,11-14H2,1-2H3. The van der Waals surface area contributed by atoms with Crippen molar-refractivity contribution in [3.8, 4) is 22.8 Å². The third kappa shape index (κ3) is 3.15. The van der Waals surface area contributed by atoms with E-state index in [1.54, 1.807) is 13.3 Å². The van der Waals surface area contributed by atoms with E-state index in [4.69, 9.17) is 9.84 Å². The molecule has 0 atom stereocenters. The second kappa shape index (κ2) is 7.57. The van der Waals surface area contributed by atoms with E-state index in [-0.39, 0.29) is 5.91 Å². The normalized spacial score (nSPS) is 16.1. The molecule has 154 valence electrons. The summed E-state index contributed by atoms with van der Waals surface area (Å²) < 4.78 is 7.08. The Morgan fingerprint density at radius 2 is 1.83 bits per heavy atom. The van der Waals surface area contributed by atoms with Gasteiger partial charge in [-0.1, -0.05) is 24.3 Å². The Hall–Kier alpha value is -3.19. The summed E-state index contributed by atoms with van der Waals surface area (Å²) in [5.74, 6) is 0.577. The Balaban J connectivity index is 1.63. The van der Waals surface area contributed by atoms with Gasteiger partial charge in [-0.25, -0.2) is 9.67 Å². The van der Waals surface area contributed by atoms with Crippen LogP contribution in [0, 0.1) is 0 Å². The average Bonchev–Trinajstić information content (AvgIpc) is 3.19. The van der Waals surface area contributed by atoms with E-state index in [9.17, 15) is 4.79 Å². The van der Waals surface area contributed by atoms with Crippen LogP contribution in [0.2, 0.25) is 0 Å². The fourth-order valence-corrected chi connectivity index (χ4v) is 4.33. The van der Waals surface area contributed by atoms with Crippen molar-refractivity contribution >= 4 is 5.91 Å². The number of carbonyl (C=O) groups is 1. The molecule has 0 bridgehead atoms. The largest absolute Gasteiger partial charge is 0.481 e. The van der Waals surface area contributed by atoms with E-state index in [2.05, 4.69) is 35.1 Å². The van der Waals surface area contributed by atoms with Crippen LogP contribution in [0.5, 0.6) is 5.88 Å². The van der Waals surface area contributed by atoms with Crippen molar-refractivity contribution in [3.05, 3.63) is 59.4 Å². The predicted molar refractivity (Wildman–Crippen MR) is 114 cm³/mol. The van der Waals surface area contributed by atoms with Gasteiger partial charge in [-0.15, -0.1) is 0 Å². The molecule has 1 aromatic carbocycles. The molecule has 1 aliphatic carbocycles. The van der Waals surface area contributed by atoms with Gasteiger partial charge in [0.1, 0.15) is 0 Å². The number of likely N-dealkylation sites (N-methyl/N-ethyl adjacent to an activating group) is 1. The SMILES string of the molecule is COc1ccc(-n2nc(C(=O)N3CCN(C)CC3)c3c2-c2ccccc2CC3)cn1. The van der Waals surface area contributed by atoms with Crippen molar-refractivity contribution < 1.29 is 9.53 Å². The number of aryl methyl sites for hydroxylation is 1. The van der Waals surface area contributed by atoms with E-state index < -0.39 is 0 Å². The van der Waals surface area contributed by atoms with E-state index in [0.29, 0.717) is 11.6 Å². The number of methoxy groups -OCH3 is 1. The van der Waals surface area contributed by atoms with Crippen molar-refractivity contribution in [1.82, 2.24) is 24.6 Å². The number of nitrogens with zero attached hydrogens (tertiary/aromatic N) is 5. The van der Waals surface area contributed by atoms with Gasteiger partial charge in [0.15, 0.2) is 5.69 Å². The van der Waals surface area contributed by atoms with Gasteiger partial charge < -0.3 is 14.5 Å². The molecule has 1 aliphatic heterocycles. The molecule has 0 N–H and O–H groups in total. The monoisotopic (exact) mass is 403 g/mol. The lowest BCUT2D eigenvalue weighted by Crippen LogP contribution is -2.47. The molecule has 3 heterocycles. The van der Waals surface area contributed by atoms with Crippen LogP contribution < -0.4 is 4.74 Å². The molecule has 3 aromatic rings. The number of hydrogen-bond donors (Lipinski definition) is 0. The van der Waals surface area contributed by atoms with Gasteiger partial charge in [0.25, 0.3) is 5.91 Å². The number of ether oxygens (including phenoxy) is 1. The first-order valence-corrected chi connectivity index (χ1v) is 10.3. The molecule has 0 unspecified atom stereocenters. The maximum absolute atomic E-state index is 13.4. The first-order chi connectivity index (χ1) is 14.7. The van der Waals surface area contributed by atoms with Crippen LogP contribution >= 0.6 is 0 Å². The number of rotatable bonds is 3. The lowest BCUT2D eigenvalue weighted by Gasteiger charge is -2.32. The molecular formula is C23H25N5O2. The smallest absolute Gasteiger partial charge is 0.274 e. The molecular weight excluding hydrogens is 378 g/mol. The molecule has 30 heavy (non-hydrogen) atoms. The van der Waals surface area contributed by atoms with Crippen LogP contribution in [0.1, 0.15) is 21.6 Å². The summed E-state index contributed by atoms with van der Waals surface area (Å²) in [6.45, 7) is 3.25. The molecule has 7 heteroatoms. The molecule has 0 spiro atoms. The van der Waals surface area contributed by atoms with Gasteiger partial charge in [-0.05, 0) is 31.5 Å². The Morgan fingerprint density at radius 3 is 2.57 bits per heavy atom. The zero-order valence-corrected chi connectivity index (χ0v) is 17.3. The summed E-state index contributed by atoms with van der Waals surface area (Å²) in [6, 6.07) is 12.1. The molecule has 1 saturated heterocycles. The summed E-state index contributed by atoms with van der Waals surface area (Å²) >= 11 is 0. The Morgan fingerprint density at radius 1 is 1.03 bits per heavy atom. The van der Waals surface area contributed by atoms with Crippen LogP contribution in [-0.2, 0) is 12.8 Å². The maximum Gasteiger partial charge on any atom is 0.274 e. The molecule has 2 aromatic heterocycles. The molecule has 0 radical (unpaired) electrons. The van der Waals surface area contributed by atoms with Gasteiger partial charge in [0.05, 0.1) is 24.7 Å². The topological polar surface area (TPSA) is 63.5 Å². The van der Waals surface area contributed by atoms with E-state index in [1.165, 1.54) is 5.56 Å². The van der Waals surface area contributed by atoms with Gasteiger partial charge in [-0.3, -0.25) is 4.79 Å². The average molecular weight is 403 g/mol. The molecule has 0 saturated carbocycles. The lowest BCUT2D eigenvalue weighted by atomic mass is 9.88. The van der Waals surface area contributed by atoms with Crippen molar-refractivity contribution in [1.29, 1.82) is 0 Å². The van der Waals surface area contributed by atoms with Crippen molar-refractivity contribution in [3.63, 3.8) is 0 Å². The highest BCUT2D eigenvalue weighted by atomic mass is 16.5. The molecule has 1 fully saturated rings. The summed E-state index contributed by atoms with van der Waals surface area (Å²) in [7, 11) is 3.69. The van der Waals surface area contributed by atoms with E-state index >= 15 is 0 Å². The minimum atomic E-state index is 0.0268. The zero-order valence-electron chi connectivity index (χ0n) is 17.3. The molecule has 2 aliphatic rings. The lowest BCUT2D eigenvalue weighted by molar-refractivity contribution is 0.0656. The number of fused-ring (bicyclic) bond motifs is 3. The van der Waals surface area contributed by atoms with Crippen LogP contribution in [0.15, 0.2) is 42.6 Å². The number of aromatic nitrogens is 3. The Bertz CT molecular complexity index is 1080. The van der Waals surface area contributed by atoms with Gasteiger partial charge in [0.2, 0.25) is 5.88 Å². The van der Waals surface area contributed by atoms with E-state index in [0.717, 1.165) is 61.5 Å². The molecule has 7 nitrogen and oxygen atoms in total. The first kappa shape index (κ1) is 18.8. The number of hydrogen-bond acceptors (Lipinski definition) is 5. The number of piperazine rings is 1. The van der Waals surface area contributed by atoms with Crippen LogP contribution in [0.25, 0.3) is 16.9 Å². The van der Waals surface area contributed by atoms with Crippen LogP contribution in [0.4, 0.5) is 0 Å². The second-order valence-corrected chi connectivity index (χ2v) is 7.90. The van der Waals surface area contributed by atoms with Gasteiger partial charge in [0, 0.05) is 43.4 Å². The fraction of sp³-hybridized carbons (Fsp3) is 0.348. The van der Waals surface area contributed by atoms with E-state index in [1.807, 2.05) is 27.8 Å². The highest BCUT2D eigenvalue weighted by Gasteiger charge is 2.31. The minimum absolute atomic E-state index is 0.0268. The predicted octanol–water partition coefficient (Wildman–Crippen LogP) is 2.43. The van der Waals surface area contributed by atoms with Crippen molar-refractivity contribution in [2.75, 3.05) is 40.3 Å². The highest BCUT2D eigenvalue weighted by molar-refractivity contribution is 5.96. The summed E-state index contributed by atoms with van der Waals surface area (Å²) in [6.07, 6.45) is 3.47. The van der Waals surface area contributed by atoms with Crippen LogP contribution in [0.3, 0.4) is 0 Å². The number of pyridine rings is 1.